The van der Waals surface area contributed by atoms with E-state index in [0.717, 1.165) is 12.3 Å². The Morgan fingerprint density at radius 2 is 2.19 bits per heavy atom. The average Bonchev–Trinajstić information content (AvgIpc) is 2.83. The van der Waals surface area contributed by atoms with E-state index in [9.17, 15) is 4.79 Å². The second kappa shape index (κ2) is 10.8. The van der Waals surface area contributed by atoms with E-state index in [1.165, 1.54) is 7.11 Å². The van der Waals surface area contributed by atoms with Crippen molar-refractivity contribution in [3.05, 3.63) is 23.2 Å². The Morgan fingerprint density at radius 3 is 2.76 bits per heavy atom. The first-order valence-corrected chi connectivity index (χ1v) is 7.62. The number of guanidine groups is 1. The molecule has 1 rings (SSSR count). The first-order chi connectivity index (χ1) is 9.62. The van der Waals surface area contributed by atoms with Crippen LogP contribution in [0.1, 0.15) is 21.9 Å². The highest BCUT2D eigenvalue weighted by atomic mass is 127. The molecule has 0 saturated carbocycles. The average molecular weight is 427 g/mol. The van der Waals surface area contributed by atoms with Gasteiger partial charge in [-0.2, -0.15) is 11.8 Å². The number of furan rings is 1. The van der Waals surface area contributed by atoms with Gasteiger partial charge < -0.3 is 19.8 Å². The van der Waals surface area contributed by atoms with Gasteiger partial charge in [-0.05, 0) is 19.2 Å². The summed E-state index contributed by atoms with van der Waals surface area (Å²) >= 11 is 1.76. The molecule has 0 unspecified atom stereocenters. The van der Waals surface area contributed by atoms with E-state index in [1.807, 2.05) is 0 Å². The van der Waals surface area contributed by atoms with Gasteiger partial charge in [0, 0.05) is 19.3 Å². The van der Waals surface area contributed by atoms with Crippen LogP contribution in [-0.2, 0) is 11.3 Å². The van der Waals surface area contributed by atoms with E-state index in [-0.39, 0.29) is 29.9 Å². The fourth-order valence-electron chi connectivity index (χ4n) is 1.61. The summed E-state index contributed by atoms with van der Waals surface area (Å²) in [5.41, 5.74) is 0.453. The Labute approximate surface area is 146 Å². The Morgan fingerprint density at radius 1 is 1.48 bits per heavy atom. The number of thioether (sulfide) groups is 1. The van der Waals surface area contributed by atoms with Gasteiger partial charge in [0.15, 0.2) is 5.96 Å². The van der Waals surface area contributed by atoms with Gasteiger partial charge in [-0.3, -0.25) is 4.99 Å². The van der Waals surface area contributed by atoms with Crippen molar-refractivity contribution in [3.8, 4) is 0 Å². The molecule has 0 aliphatic carbocycles. The van der Waals surface area contributed by atoms with Gasteiger partial charge in [0.25, 0.3) is 0 Å². The van der Waals surface area contributed by atoms with E-state index in [0.29, 0.717) is 29.6 Å². The number of methoxy groups -OCH3 is 1. The monoisotopic (exact) mass is 427 g/mol. The number of carbonyl (C=O) groups excluding carboxylic acids is 1. The van der Waals surface area contributed by atoms with E-state index < -0.39 is 0 Å². The Hall–Kier alpha value is -0.900. The Kier molecular flexibility index (Phi) is 10.3. The summed E-state index contributed by atoms with van der Waals surface area (Å²) in [5, 5.41) is 6.31. The molecule has 0 aliphatic rings. The molecule has 0 aromatic carbocycles. The summed E-state index contributed by atoms with van der Waals surface area (Å²) in [6.45, 7) is 3.03. The van der Waals surface area contributed by atoms with Gasteiger partial charge in [0.2, 0.25) is 0 Å². The highest BCUT2D eigenvalue weighted by Gasteiger charge is 2.15. The molecule has 1 aromatic rings. The standard InChI is InChI=1S/C13H21N3O3S.HI/c1-9-11(12(17)18-3)7-10(19-9)8-16-13(14-2)15-5-6-20-4;/h7H,5-6,8H2,1-4H3,(H2,14,15,16);1H. The molecular weight excluding hydrogens is 405 g/mol. The van der Waals surface area contributed by atoms with Crippen molar-refractivity contribution in [1.29, 1.82) is 0 Å². The number of halogens is 1. The summed E-state index contributed by atoms with van der Waals surface area (Å²) in [4.78, 5) is 15.6. The molecule has 21 heavy (non-hydrogen) atoms. The molecule has 6 nitrogen and oxygen atoms in total. The Bertz CT molecular complexity index is 477. The number of hydrogen-bond donors (Lipinski definition) is 2. The van der Waals surface area contributed by atoms with Crippen LogP contribution in [0.5, 0.6) is 0 Å². The van der Waals surface area contributed by atoms with Crippen LogP contribution < -0.4 is 10.6 Å². The molecule has 0 amide bonds. The van der Waals surface area contributed by atoms with E-state index in [1.54, 1.807) is 31.8 Å². The van der Waals surface area contributed by atoms with Crippen LogP contribution in [0, 0.1) is 6.92 Å². The lowest BCUT2D eigenvalue weighted by Gasteiger charge is -2.09. The van der Waals surface area contributed by atoms with Crippen LogP contribution in [0.25, 0.3) is 0 Å². The number of aliphatic imine (C=N–C) groups is 1. The van der Waals surface area contributed by atoms with Crippen LogP contribution in [0.4, 0.5) is 0 Å². The van der Waals surface area contributed by atoms with E-state index in [4.69, 9.17) is 4.42 Å². The van der Waals surface area contributed by atoms with Crippen molar-refractivity contribution in [3.63, 3.8) is 0 Å². The largest absolute Gasteiger partial charge is 0.465 e. The number of aryl methyl sites for hydroxylation is 1. The van der Waals surface area contributed by atoms with Crippen molar-refractivity contribution < 1.29 is 13.9 Å². The van der Waals surface area contributed by atoms with Crippen LogP contribution in [-0.4, -0.2) is 44.6 Å². The molecule has 0 radical (unpaired) electrons. The summed E-state index contributed by atoms with van der Waals surface area (Å²) in [7, 11) is 3.06. The molecule has 0 saturated heterocycles. The van der Waals surface area contributed by atoms with Gasteiger partial charge >= 0.3 is 5.97 Å². The van der Waals surface area contributed by atoms with Crippen LogP contribution >= 0.6 is 35.7 Å². The quantitative estimate of drug-likeness (QED) is 0.238. The highest BCUT2D eigenvalue weighted by molar-refractivity contribution is 14.0. The second-order valence-electron chi connectivity index (χ2n) is 4.02. The number of rotatable bonds is 6. The topological polar surface area (TPSA) is 75.9 Å². The minimum absolute atomic E-state index is 0. The molecule has 1 heterocycles. The van der Waals surface area contributed by atoms with Crippen LogP contribution in [0.2, 0.25) is 0 Å². The number of nitrogens with one attached hydrogen (secondary N) is 2. The molecule has 0 bridgehead atoms. The van der Waals surface area contributed by atoms with Gasteiger partial charge in [-0.1, -0.05) is 0 Å². The van der Waals surface area contributed by atoms with Gasteiger partial charge in [-0.15, -0.1) is 24.0 Å². The van der Waals surface area contributed by atoms with Crippen LogP contribution in [0.3, 0.4) is 0 Å². The summed E-state index contributed by atoms with van der Waals surface area (Å²) in [5.74, 6) is 2.54. The third-order valence-electron chi connectivity index (χ3n) is 2.63. The van der Waals surface area contributed by atoms with Crippen LogP contribution in [0.15, 0.2) is 15.5 Å². The number of ether oxygens (including phenoxy) is 1. The summed E-state index contributed by atoms with van der Waals surface area (Å²) in [6.07, 6.45) is 2.05. The smallest absolute Gasteiger partial charge is 0.341 e. The molecule has 2 N–H and O–H groups in total. The lowest BCUT2D eigenvalue weighted by molar-refractivity contribution is 0.0599. The molecule has 120 valence electrons. The first-order valence-electron chi connectivity index (χ1n) is 6.23. The molecule has 0 spiro atoms. The molecule has 0 fully saturated rings. The van der Waals surface area contributed by atoms with Crippen molar-refractivity contribution in [1.82, 2.24) is 10.6 Å². The van der Waals surface area contributed by atoms with E-state index >= 15 is 0 Å². The van der Waals surface area contributed by atoms with Gasteiger partial charge in [-0.25, -0.2) is 4.79 Å². The predicted molar refractivity (Wildman–Crippen MR) is 96.8 cm³/mol. The third-order valence-corrected chi connectivity index (χ3v) is 3.24. The maximum atomic E-state index is 11.5. The predicted octanol–water partition coefficient (Wildman–Crippen LogP) is 2.02. The maximum absolute atomic E-state index is 11.5. The SMILES string of the molecule is CN=C(NCCSC)NCc1cc(C(=O)OC)c(C)o1.I. The maximum Gasteiger partial charge on any atom is 0.341 e. The Balaban J connectivity index is 0.00000400. The molecule has 1 aromatic heterocycles. The molecular formula is C13H22IN3O3S. The fourth-order valence-corrected chi connectivity index (χ4v) is 1.91. The van der Waals surface area contributed by atoms with Crippen molar-refractivity contribution in [2.75, 3.05) is 32.7 Å². The van der Waals surface area contributed by atoms with Gasteiger partial charge in [0.1, 0.15) is 17.1 Å². The van der Waals surface area contributed by atoms with Crippen molar-refractivity contribution in [2.24, 2.45) is 4.99 Å². The minimum atomic E-state index is -0.389. The molecule has 0 aliphatic heterocycles. The summed E-state index contributed by atoms with van der Waals surface area (Å²) < 4.78 is 10.2. The molecule has 8 heteroatoms. The van der Waals surface area contributed by atoms with Crippen molar-refractivity contribution in [2.45, 2.75) is 13.5 Å². The number of carbonyl (C=O) groups is 1. The minimum Gasteiger partial charge on any atom is -0.465 e. The van der Waals surface area contributed by atoms with E-state index in [2.05, 4.69) is 26.6 Å². The summed E-state index contributed by atoms with van der Waals surface area (Å²) in [6, 6.07) is 1.68. The number of nitrogens with zero attached hydrogens (tertiary/aromatic N) is 1. The zero-order valence-corrected chi connectivity index (χ0v) is 15.8. The zero-order valence-electron chi connectivity index (χ0n) is 12.7. The number of hydrogen-bond acceptors (Lipinski definition) is 5. The second-order valence-corrected chi connectivity index (χ2v) is 5.01. The first kappa shape index (κ1) is 20.1. The highest BCUT2D eigenvalue weighted by Crippen LogP contribution is 2.15. The zero-order chi connectivity index (χ0) is 15.0. The van der Waals surface area contributed by atoms with Crippen molar-refractivity contribution >= 4 is 47.7 Å². The third kappa shape index (κ3) is 6.60. The normalized spacial score (nSPS) is 10.8. The van der Waals surface area contributed by atoms with Gasteiger partial charge in [0.05, 0.1) is 13.7 Å². The lowest BCUT2D eigenvalue weighted by atomic mass is 10.2. The lowest BCUT2D eigenvalue weighted by Crippen LogP contribution is -2.37. The molecule has 0 atom stereocenters. The fraction of sp³-hybridized carbons (Fsp3) is 0.538. The number of esters is 1.